The highest BCUT2D eigenvalue weighted by atomic mass is 32.2. The molecule has 2 saturated heterocycles. The molecule has 0 amide bonds. The standard InChI is InChI=1S/C15H25N5O3S/c1-19(2)13-8-14(17-11-16-13)20-9-15(10-20)12(5-7-23-15)4-6-18-24(3,21)22/h8,11-12,18H,4-7,9-10H2,1-3H3/t12-/m1/s1. The maximum absolute atomic E-state index is 11.2. The number of hydrogen-bond acceptors (Lipinski definition) is 7. The van der Waals surface area contributed by atoms with Crippen molar-refractivity contribution in [2.75, 3.05) is 56.4 Å². The summed E-state index contributed by atoms with van der Waals surface area (Å²) < 4.78 is 31.0. The van der Waals surface area contributed by atoms with Crippen molar-refractivity contribution in [3.8, 4) is 0 Å². The van der Waals surface area contributed by atoms with E-state index in [1.807, 2.05) is 25.1 Å². The third-order valence-corrected chi connectivity index (χ3v) is 5.52. The van der Waals surface area contributed by atoms with Gasteiger partial charge in [0, 0.05) is 33.3 Å². The first-order valence-corrected chi connectivity index (χ1v) is 10.0. The number of nitrogens with zero attached hydrogens (tertiary/aromatic N) is 4. The van der Waals surface area contributed by atoms with Crippen molar-refractivity contribution >= 4 is 21.7 Å². The fourth-order valence-electron chi connectivity index (χ4n) is 3.48. The molecule has 2 aliphatic rings. The van der Waals surface area contributed by atoms with Gasteiger partial charge in [0.1, 0.15) is 23.6 Å². The Labute approximate surface area is 143 Å². The molecule has 0 radical (unpaired) electrons. The third-order valence-electron chi connectivity index (χ3n) is 4.79. The second-order valence-electron chi connectivity index (χ2n) is 6.84. The summed E-state index contributed by atoms with van der Waals surface area (Å²) in [6, 6.07) is 1.97. The Bertz CT molecular complexity index is 688. The van der Waals surface area contributed by atoms with Crippen LogP contribution in [-0.4, -0.2) is 70.6 Å². The molecule has 0 saturated carbocycles. The summed E-state index contributed by atoms with van der Waals surface area (Å²) in [5.74, 6) is 2.16. The lowest BCUT2D eigenvalue weighted by atomic mass is 9.79. The largest absolute Gasteiger partial charge is 0.371 e. The van der Waals surface area contributed by atoms with Crippen molar-refractivity contribution in [2.45, 2.75) is 18.4 Å². The van der Waals surface area contributed by atoms with Crippen LogP contribution in [0.3, 0.4) is 0 Å². The number of hydrogen-bond donors (Lipinski definition) is 1. The minimum Gasteiger partial charge on any atom is -0.371 e. The topological polar surface area (TPSA) is 87.7 Å². The van der Waals surface area contributed by atoms with Crippen LogP contribution < -0.4 is 14.5 Å². The van der Waals surface area contributed by atoms with Gasteiger partial charge < -0.3 is 14.5 Å². The van der Waals surface area contributed by atoms with Crippen LogP contribution in [-0.2, 0) is 14.8 Å². The third kappa shape index (κ3) is 3.62. The quantitative estimate of drug-likeness (QED) is 0.773. The number of sulfonamides is 1. The lowest BCUT2D eigenvalue weighted by Crippen LogP contribution is -2.65. The number of rotatable bonds is 6. The smallest absolute Gasteiger partial charge is 0.208 e. The van der Waals surface area contributed by atoms with Gasteiger partial charge >= 0.3 is 0 Å². The summed E-state index contributed by atoms with van der Waals surface area (Å²) in [6.07, 6.45) is 4.55. The first-order valence-electron chi connectivity index (χ1n) is 8.12. The first kappa shape index (κ1) is 17.4. The molecule has 2 aliphatic heterocycles. The van der Waals surface area contributed by atoms with Crippen LogP contribution in [0.1, 0.15) is 12.8 Å². The molecule has 0 bridgehead atoms. The molecule has 3 rings (SSSR count). The van der Waals surface area contributed by atoms with Gasteiger partial charge in [-0.05, 0) is 18.8 Å². The summed E-state index contributed by atoms with van der Waals surface area (Å²) in [6.45, 7) is 2.79. The molecule has 134 valence electrons. The van der Waals surface area contributed by atoms with Crippen LogP contribution >= 0.6 is 0 Å². The van der Waals surface area contributed by atoms with Crippen molar-refractivity contribution in [1.82, 2.24) is 14.7 Å². The molecule has 1 N–H and O–H groups in total. The Kier molecular flexibility index (Phi) is 4.67. The second-order valence-corrected chi connectivity index (χ2v) is 8.67. The highest BCUT2D eigenvalue weighted by Gasteiger charge is 2.53. The van der Waals surface area contributed by atoms with Gasteiger partial charge in [-0.1, -0.05) is 0 Å². The molecular weight excluding hydrogens is 330 g/mol. The Morgan fingerprint density at radius 1 is 1.42 bits per heavy atom. The monoisotopic (exact) mass is 355 g/mol. The van der Waals surface area contributed by atoms with Gasteiger partial charge in [0.25, 0.3) is 0 Å². The summed E-state index contributed by atoms with van der Waals surface area (Å²) >= 11 is 0. The van der Waals surface area contributed by atoms with E-state index in [-0.39, 0.29) is 5.60 Å². The van der Waals surface area contributed by atoms with Crippen molar-refractivity contribution < 1.29 is 13.2 Å². The second kappa shape index (κ2) is 6.45. The van der Waals surface area contributed by atoms with E-state index in [4.69, 9.17) is 4.74 Å². The Hall–Kier alpha value is -1.45. The van der Waals surface area contributed by atoms with Crippen LogP contribution in [0, 0.1) is 5.92 Å². The van der Waals surface area contributed by atoms with E-state index in [2.05, 4.69) is 19.6 Å². The summed E-state index contributed by atoms with van der Waals surface area (Å²) in [5.41, 5.74) is -0.164. The highest BCUT2D eigenvalue weighted by Crippen LogP contribution is 2.43. The fraction of sp³-hybridized carbons (Fsp3) is 0.733. The summed E-state index contributed by atoms with van der Waals surface area (Å²) in [4.78, 5) is 12.7. The van der Waals surface area contributed by atoms with Gasteiger partial charge in [0.05, 0.1) is 19.3 Å². The van der Waals surface area contributed by atoms with E-state index in [0.29, 0.717) is 12.5 Å². The van der Waals surface area contributed by atoms with E-state index in [0.717, 1.165) is 44.2 Å². The van der Waals surface area contributed by atoms with Crippen LogP contribution in [0.5, 0.6) is 0 Å². The lowest BCUT2D eigenvalue weighted by Gasteiger charge is -2.51. The molecule has 8 nitrogen and oxygen atoms in total. The van der Waals surface area contributed by atoms with Gasteiger partial charge in [-0.2, -0.15) is 0 Å². The number of nitrogens with one attached hydrogen (secondary N) is 1. The average Bonchev–Trinajstić information content (AvgIpc) is 2.88. The van der Waals surface area contributed by atoms with Gasteiger partial charge in [-0.25, -0.2) is 23.1 Å². The molecule has 0 aliphatic carbocycles. The fourth-order valence-corrected chi connectivity index (χ4v) is 3.97. The summed E-state index contributed by atoms with van der Waals surface area (Å²) in [5, 5.41) is 0. The van der Waals surface area contributed by atoms with Crippen molar-refractivity contribution in [3.05, 3.63) is 12.4 Å². The van der Waals surface area contributed by atoms with Crippen LogP contribution in [0.2, 0.25) is 0 Å². The Morgan fingerprint density at radius 3 is 2.83 bits per heavy atom. The van der Waals surface area contributed by atoms with E-state index in [9.17, 15) is 8.42 Å². The molecule has 0 unspecified atom stereocenters. The normalized spacial score (nSPS) is 22.6. The molecule has 24 heavy (non-hydrogen) atoms. The van der Waals surface area contributed by atoms with Crippen molar-refractivity contribution in [3.63, 3.8) is 0 Å². The zero-order chi connectivity index (χ0) is 17.4. The highest BCUT2D eigenvalue weighted by molar-refractivity contribution is 7.88. The minimum absolute atomic E-state index is 0.164. The van der Waals surface area contributed by atoms with Gasteiger partial charge in [-0.3, -0.25) is 0 Å². The predicted molar refractivity (Wildman–Crippen MR) is 92.8 cm³/mol. The van der Waals surface area contributed by atoms with Crippen LogP contribution in [0.15, 0.2) is 12.4 Å². The SMILES string of the molecule is CN(C)c1cc(N2CC3(C2)OCC[C@H]3CCNS(C)(=O)=O)ncn1. The van der Waals surface area contributed by atoms with Crippen molar-refractivity contribution in [1.29, 1.82) is 0 Å². The molecular formula is C15H25N5O3S. The zero-order valence-corrected chi connectivity index (χ0v) is 15.2. The maximum Gasteiger partial charge on any atom is 0.208 e. The van der Waals surface area contributed by atoms with E-state index in [1.54, 1.807) is 6.33 Å². The van der Waals surface area contributed by atoms with E-state index < -0.39 is 10.0 Å². The minimum atomic E-state index is -3.13. The number of ether oxygens (including phenoxy) is 1. The molecule has 0 aromatic carbocycles. The van der Waals surface area contributed by atoms with Gasteiger partial charge in [0.15, 0.2) is 0 Å². The van der Waals surface area contributed by atoms with Gasteiger partial charge in [-0.15, -0.1) is 0 Å². The van der Waals surface area contributed by atoms with E-state index in [1.165, 1.54) is 6.26 Å². The molecule has 1 aromatic heterocycles. The molecule has 9 heteroatoms. The Balaban J connectivity index is 1.60. The van der Waals surface area contributed by atoms with E-state index >= 15 is 0 Å². The average molecular weight is 355 g/mol. The van der Waals surface area contributed by atoms with Crippen LogP contribution in [0.25, 0.3) is 0 Å². The Morgan fingerprint density at radius 2 is 2.17 bits per heavy atom. The zero-order valence-electron chi connectivity index (χ0n) is 14.4. The molecule has 3 heterocycles. The molecule has 1 atom stereocenters. The number of aromatic nitrogens is 2. The lowest BCUT2D eigenvalue weighted by molar-refractivity contribution is -0.0454. The van der Waals surface area contributed by atoms with Gasteiger partial charge in [0.2, 0.25) is 10.0 Å². The molecule has 2 fully saturated rings. The molecule has 1 spiro atoms. The first-order chi connectivity index (χ1) is 11.3. The molecule has 1 aromatic rings. The predicted octanol–water partition coefficient (Wildman–Crippen LogP) is 0.0772. The van der Waals surface area contributed by atoms with Crippen LogP contribution in [0.4, 0.5) is 11.6 Å². The summed E-state index contributed by atoms with van der Waals surface area (Å²) in [7, 11) is 0.775. The van der Waals surface area contributed by atoms with Crippen molar-refractivity contribution in [2.24, 2.45) is 5.92 Å². The maximum atomic E-state index is 11.2. The number of anilines is 2.